The highest BCUT2D eigenvalue weighted by atomic mass is 16.5. The number of aliphatic carboxylic acids is 1. The fraction of sp³-hybridized carbons (Fsp3) is 0.583. The Kier molecular flexibility index (Phi) is 4.88. The summed E-state index contributed by atoms with van der Waals surface area (Å²) in [5.74, 6) is -0.551. The lowest BCUT2D eigenvalue weighted by Gasteiger charge is -2.26. The molecule has 0 atom stereocenters. The van der Waals surface area contributed by atoms with Crippen molar-refractivity contribution < 1.29 is 19.2 Å². The fourth-order valence-electron chi connectivity index (χ4n) is 1.65. The third kappa shape index (κ3) is 3.58. The van der Waals surface area contributed by atoms with Crippen LogP contribution in [0.3, 0.4) is 0 Å². The standard InChI is InChI=1S/C12H18N2O4/c1-8(2)14(6-4-5-11(15)16)12(17)10-7-13-18-9(10)3/h7-8H,4-6H2,1-3H3,(H,15,16). The highest BCUT2D eigenvalue weighted by Crippen LogP contribution is 2.13. The van der Waals surface area contributed by atoms with Crippen LogP contribution in [0.5, 0.6) is 0 Å². The second-order valence-electron chi connectivity index (χ2n) is 4.39. The van der Waals surface area contributed by atoms with Gasteiger partial charge in [-0.25, -0.2) is 0 Å². The van der Waals surface area contributed by atoms with Gasteiger partial charge in [-0.2, -0.15) is 0 Å². The molecule has 100 valence electrons. The molecule has 0 saturated heterocycles. The van der Waals surface area contributed by atoms with E-state index < -0.39 is 5.97 Å². The number of carbonyl (C=O) groups excluding carboxylic acids is 1. The average molecular weight is 254 g/mol. The van der Waals surface area contributed by atoms with Crippen LogP contribution < -0.4 is 0 Å². The Morgan fingerprint density at radius 3 is 2.61 bits per heavy atom. The Labute approximate surface area is 106 Å². The molecule has 1 N–H and O–H groups in total. The third-order valence-electron chi connectivity index (χ3n) is 2.66. The summed E-state index contributed by atoms with van der Waals surface area (Å²) in [6.45, 7) is 5.87. The van der Waals surface area contributed by atoms with Gasteiger partial charge in [0.25, 0.3) is 5.91 Å². The minimum Gasteiger partial charge on any atom is -0.481 e. The molecule has 1 amide bonds. The van der Waals surface area contributed by atoms with E-state index in [1.54, 1.807) is 11.8 Å². The molecule has 0 fully saturated rings. The number of hydrogen-bond acceptors (Lipinski definition) is 4. The first-order valence-corrected chi connectivity index (χ1v) is 5.87. The van der Waals surface area contributed by atoms with Gasteiger partial charge < -0.3 is 14.5 Å². The molecule has 1 heterocycles. The van der Waals surface area contributed by atoms with Crippen molar-refractivity contribution in [3.05, 3.63) is 17.5 Å². The summed E-state index contributed by atoms with van der Waals surface area (Å²) in [4.78, 5) is 24.3. The molecule has 0 aliphatic carbocycles. The predicted octanol–water partition coefficient (Wildman–Crippen LogP) is 1.70. The number of aromatic nitrogens is 1. The van der Waals surface area contributed by atoms with Crippen LogP contribution in [0.4, 0.5) is 0 Å². The zero-order valence-corrected chi connectivity index (χ0v) is 10.8. The van der Waals surface area contributed by atoms with Crippen LogP contribution in [0.15, 0.2) is 10.7 Å². The highest BCUT2D eigenvalue weighted by molar-refractivity contribution is 5.95. The predicted molar refractivity (Wildman–Crippen MR) is 64.3 cm³/mol. The van der Waals surface area contributed by atoms with Crippen molar-refractivity contribution in [2.24, 2.45) is 0 Å². The first-order chi connectivity index (χ1) is 8.43. The van der Waals surface area contributed by atoms with E-state index in [1.165, 1.54) is 6.20 Å². The maximum atomic E-state index is 12.2. The zero-order chi connectivity index (χ0) is 13.7. The second kappa shape index (κ2) is 6.18. The maximum absolute atomic E-state index is 12.2. The smallest absolute Gasteiger partial charge is 0.303 e. The molecule has 6 heteroatoms. The Hall–Kier alpha value is -1.85. The zero-order valence-electron chi connectivity index (χ0n) is 10.8. The first kappa shape index (κ1) is 14.2. The van der Waals surface area contributed by atoms with E-state index in [9.17, 15) is 9.59 Å². The van der Waals surface area contributed by atoms with E-state index in [1.807, 2.05) is 13.8 Å². The number of nitrogens with zero attached hydrogens (tertiary/aromatic N) is 2. The number of hydrogen-bond donors (Lipinski definition) is 1. The van der Waals surface area contributed by atoms with Crippen molar-refractivity contribution in [3.8, 4) is 0 Å². The second-order valence-corrected chi connectivity index (χ2v) is 4.39. The van der Waals surface area contributed by atoms with Crippen molar-refractivity contribution in [3.63, 3.8) is 0 Å². The van der Waals surface area contributed by atoms with Gasteiger partial charge in [-0.05, 0) is 27.2 Å². The number of rotatable bonds is 6. The minimum absolute atomic E-state index is 0.000551. The van der Waals surface area contributed by atoms with Gasteiger partial charge in [-0.3, -0.25) is 9.59 Å². The molecule has 18 heavy (non-hydrogen) atoms. The molecule has 1 aromatic heterocycles. The van der Waals surface area contributed by atoms with E-state index in [4.69, 9.17) is 9.63 Å². The van der Waals surface area contributed by atoms with E-state index in [2.05, 4.69) is 5.16 Å². The topological polar surface area (TPSA) is 83.6 Å². The lowest BCUT2D eigenvalue weighted by molar-refractivity contribution is -0.137. The van der Waals surface area contributed by atoms with Gasteiger partial charge in [0, 0.05) is 19.0 Å². The highest BCUT2D eigenvalue weighted by Gasteiger charge is 2.22. The lowest BCUT2D eigenvalue weighted by atomic mass is 10.2. The maximum Gasteiger partial charge on any atom is 0.303 e. The molecular weight excluding hydrogens is 236 g/mol. The molecule has 1 rings (SSSR count). The Balaban J connectivity index is 2.70. The summed E-state index contributed by atoms with van der Waals surface area (Å²) in [5.41, 5.74) is 0.430. The van der Waals surface area contributed by atoms with Gasteiger partial charge in [0.15, 0.2) is 0 Å². The van der Waals surface area contributed by atoms with Crippen molar-refractivity contribution in [2.45, 2.75) is 39.7 Å². The SMILES string of the molecule is Cc1oncc1C(=O)N(CCCC(=O)O)C(C)C. The van der Waals surface area contributed by atoms with Gasteiger partial charge in [-0.1, -0.05) is 5.16 Å². The quantitative estimate of drug-likeness (QED) is 0.835. The van der Waals surface area contributed by atoms with E-state index >= 15 is 0 Å². The molecule has 0 spiro atoms. The summed E-state index contributed by atoms with van der Waals surface area (Å²) in [6, 6.07) is 0.000551. The summed E-state index contributed by atoms with van der Waals surface area (Å²) in [7, 11) is 0. The number of carboxylic acid groups (broad SMARTS) is 1. The molecule has 1 aromatic rings. The van der Waals surface area contributed by atoms with E-state index in [-0.39, 0.29) is 18.4 Å². The van der Waals surface area contributed by atoms with E-state index in [0.29, 0.717) is 24.3 Å². The number of carbonyl (C=O) groups is 2. The van der Waals surface area contributed by atoms with Crippen LogP contribution in [0, 0.1) is 6.92 Å². The molecule has 0 saturated carbocycles. The molecule has 6 nitrogen and oxygen atoms in total. The lowest BCUT2D eigenvalue weighted by Crippen LogP contribution is -2.38. The fourth-order valence-corrected chi connectivity index (χ4v) is 1.65. The molecule has 0 aliphatic heterocycles. The van der Waals surface area contributed by atoms with Crippen molar-refractivity contribution in [1.82, 2.24) is 10.1 Å². The normalized spacial score (nSPS) is 10.7. The van der Waals surface area contributed by atoms with Crippen molar-refractivity contribution in [2.75, 3.05) is 6.54 Å². The van der Waals surface area contributed by atoms with Gasteiger partial charge in [0.05, 0.1) is 6.20 Å². The Morgan fingerprint density at radius 1 is 1.50 bits per heavy atom. The van der Waals surface area contributed by atoms with Gasteiger partial charge in [0.2, 0.25) is 0 Å². The molecular formula is C12H18N2O4. The van der Waals surface area contributed by atoms with Crippen LogP contribution >= 0.6 is 0 Å². The summed E-state index contributed by atoms with van der Waals surface area (Å²) >= 11 is 0. The van der Waals surface area contributed by atoms with E-state index in [0.717, 1.165) is 0 Å². The van der Waals surface area contributed by atoms with Crippen LogP contribution in [0.25, 0.3) is 0 Å². The summed E-state index contributed by atoms with van der Waals surface area (Å²) in [6.07, 6.45) is 1.88. The summed E-state index contributed by atoms with van der Waals surface area (Å²) in [5, 5.41) is 12.2. The number of amides is 1. The van der Waals surface area contributed by atoms with Crippen LogP contribution in [0.2, 0.25) is 0 Å². The average Bonchev–Trinajstić information content (AvgIpc) is 2.69. The van der Waals surface area contributed by atoms with Crippen molar-refractivity contribution >= 4 is 11.9 Å². The molecule has 0 unspecified atom stereocenters. The first-order valence-electron chi connectivity index (χ1n) is 5.87. The molecule has 0 bridgehead atoms. The largest absolute Gasteiger partial charge is 0.481 e. The molecule has 0 aliphatic rings. The number of aryl methyl sites for hydroxylation is 1. The summed E-state index contributed by atoms with van der Waals surface area (Å²) < 4.78 is 4.87. The van der Waals surface area contributed by atoms with Gasteiger partial charge in [0.1, 0.15) is 11.3 Å². The molecule has 0 aromatic carbocycles. The monoisotopic (exact) mass is 254 g/mol. The van der Waals surface area contributed by atoms with Crippen LogP contribution in [0.1, 0.15) is 42.8 Å². The van der Waals surface area contributed by atoms with Gasteiger partial charge in [-0.15, -0.1) is 0 Å². The number of carboxylic acids is 1. The van der Waals surface area contributed by atoms with Crippen molar-refractivity contribution in [1.29, 1.82) is 0 Å². The Bertz CT molecular complexity index is 425. The minimum atomic E-state index is -0.854. The van der Waals surface area contributed by atoms with Crippen LogP contribution in [-0.2, 0) is 4.79 Å². The Morgan fingerprint density at radius 2 is 2.17 bits per heavy atom. The van der Waals surface area contributed by atoms with Gasteiger partial charge >= 0.3 is 5.97 Å². The molecule has 0 radical (unpaired) electrons. The third-order valence-corrected chi connectivity index (χ3v) is 2.66. The van der Waals surface area contributed by atoms with Crippen LogP contribution in [-0.4, -0.2) is 39.6 Å².